The Morgan fingerprint density at radius 3 is 2.79 bits per heavy atom. The van der Waals surface area contributed by atoms with E-state index in [-0.39, 0.29) is 0 Å². The van der Waals surface area contributed by atoms with Gasteiger partial charge in [-0.3, -0.25) is 0 Å². The van der Waals surface area contributed by atoms with E-state index in [1.807, 2.05) is 0 Å². The molecule has 1 heterocycles. The first-order valence-corrected chi connectivity index (χ1v) is 7.70. The second-order valence-corrected chi connectivity index (χ2v) is 5.88. The number of ether oxygens (including phenoxy) is 1. The highest BCUT2D eigenvalue weighted by molar-refractivity contribution is 7.09. The summed E-state index contributed by atoms with van der Waals surface area (Å²) in [6, 6.07) is 9.47. The van der Waals surface area contributed by atoms with Gasteiger partial charge in [0.25, 0.3) is 0 Å². The zero-order chi connectivity index (χ0) is 13.5. The Kier molecular flexibility index (Phi) is 5.98. The molecule has 0 aliphatic rings. The molecular weight excluding hydrogens is 301 g/mol. The smallest absolute Gasteiger partial charge is 0.138 e. The van der Waals surface area contributed by atoms with E-state index < -0.39 is 0 Å². The van der Waals surface area contributed by atoms with Crippen molar-refractivity contribution >= 4 is 34.5 Å². The van der Waals surface area contributed by atoms with E-state index in [0.29, 0.717) is 22.4 Å². The van der Waals surface area contributed by atoms with Crippen LogP contribution in [0.15, 0.2) is 35.7 Å². The second-order valence-electron chi connectivity index (χ2n) is 4.00. The Morgan fingerprint density at radius 1 is 1.16 bits per heavy atom. The Labute approximate surface area is 127 Å². The molecule has 2 rings (SSSR count). The molecule has 102 valence electrons. The summed E-state index contributed by atoms with van der Waals surface area (Å²) in [6.07, 6.45) is 1.05. The van der Waals surface area contributed by atoms with E-state index in [0.717, 1.165) is 19.5 Å². The first kappa shape index (κ1) is 14.7. The molecular formula is C14H15Cl2NOS. The van der Waals surface area contributed by atoms with Crippen molar-refractivity contribution in [3.8, 4) is 5.75 Å². The lowest BCUT2D eigenvalue weighted by Crippen LogP contribution is -2.23. The van der Waals surface area contributed by atoms with Crippen molar-refractivity contribution < 1.29 is 4.74 Å². The molecule has 0 radical (unpaired) electrons. The zero-order valence-electron chi connectivity index (χ0n) is 10.4. The SMILES string of the molecule is Clc1ccc(OCCNCCc2cccs2)c(Cl)c1. The minimum absolute atomic E-state index is 0.547. The summed E-state index contributed by atoms with van der Waals surface area (Å²) in [4.78, 5) is 1.40. The molecule has 5 heteroatoms. The van der Waals surface area contributed by atoms with Gasteiger partial charge in [-0.2, -0.15) is 0 Å². The summed E-state index contributed by atoms with van der Waals surface area (Å²) in [5.74, 6) is 0.672. The first-order chi connectivity index (χ1) is 9.25. The van der Waals surface area contributed by atoms with Crippen LogP contribution in [-0.2, 0) is 6.42 Å². The van der Waals surface area contributed by atoms with E-state index >= 15 is 0 Å². The van der Waals surface area contributed by atoms with Gasteiger partial charge in [-0.25, -0.2) is 0 Å². The largest absolute Gasteiger partial charge is 0.491 e. The van der Waals surface area contributed by atoms with E-state index in [4.69, 9.17) is 27.9 Å². The molecule has 0 atom stereocenters. The summed E-state index contributed by atoms with van der Waals surface area (Å²) >= 11 is 13.6. The van der Waals surface area contributed by atoms with Gasteiger partial charge in [0.1, 0.15) is 12.4 Å². The van der Waals surface area contributed by atoms with Gasteiger partial charge in [-0.1, -0.05) is 29.3 Å². The lowest BCUT2D eigenvalue weighted by atomic mass is 10.3. The molecule has 0 unspecified atom stereocenters. The van der Waals surface area contributed by atoms with Crippen LogP contribution in [-0.4, -0.2) is 19.7 Å². The summed E-state index contributed by atoms with van der Waals surface area (Å²) in [6.45, 7) is 2.34. The average Bonchev–Trinajstić information content (AvgIpc) is 2.89. The molecule has 19 heavy (non-hydrogen) atoms. The summed E-state index contributed by atoms with van der Waals surface area (Å²) < 4.78 is 5.58. The minimum atomic E-state index is 0.547. The molecule has 0 saturated carbocycles. The van der Waals surface area contributed by atoms with Crippen molar-refractivity contribution in [1.82, 2.24) is 5.32 Å². The summed E-state index contributed by atoms with van der Waals surface area (Å²) in [7, 11) is 0. The zero-order valence-corrected chi connectivity index (χ0v) is 12.7. The average molecular weight is 316 g/mol. The van der Waals surface area contributed by atoms with Crippen molar-refractivity contribution in [1.29, 1.82) is 0 Å². The highest BCUT2D eigenvalue weighted by Crippen LogP contribution is 2.27. The van der Waals surface area contributed by atoms with Gasteiger partial charge < -0.3 is 10.1 Å². The van der Waals surface area contributed by atoms with Crippen LogP contribution in [0.2, 0.25) is 10.0 Å². The molecule has 1 N–H and O–H groups in total. The van der Waals surface area contributed by atoms with Crippen LogP contribution in [0.25, 0.3) is 0 Å². The van der Waals surface area contributed by atoms with E-state index in [9.17, 15) is 0 Å². The second kappa shape index (κ2) is 7.75. The predicted molar refractivity (Wildman–Crippen MR) is 82.8 cm³/mol. The maximum absolute atomic E-state index is 6.01. The maximum atomic E-state index is 6.01. The van der Waals surface area contributed by atoms with Gasteiger partial charge in [0, 0.05) is 23.0 Å². The molecule has 0 spiro atoms. The third kappa shape index (κ3) is 5.03. The lowest BCUT2D eigenvalue weighted by Gasteiger charge is -2.08. The molecule has 0 aliphatic heterocycles. The third-order valence-electron chi connectivity index (χ3n) is 2.56. The van der Waals surface area contributed by atoms with Crippen molar-refractivity contribution in [2.24, 2.45) is 0 Å². The van der Waals surface area contributed by atoms with Gasteiger partial charge >= 0.3 is 0 Å². The Bertz CT molecular complexity index is 502. The molecule has 0 saturated heterocycles. The number of rotatable bonds is 7. The number of thiophene rings is 1. The van der Waals surface area contributed by atoms with Gasteiger partial charge in [0.15, 0.2) is 0 Å². The molecule has 0 bridgehead atoms. The molecule has 1 aromatic carbocycles. The van der Waals surface area contributed by atoms with Crippen LogP contribution in [0.5, 0.6) is 5.75 Å². The fraction of sp³-hybridized carbons (Fsp3) is 0.286. The van der Waals surface area contributed by atoms with Gasteiger partial charge in [0.2, 0.25) is 0 Å². The number of nitrogens with one attached hydrogen (secondary N) is 1. The Hall–Kier alpha value is -0.740. The topological polar surface area (TPSA) is 21.3 Å². The monoisotopic (exact) mass is 315 g/mol. The highest BCUT2D eigenvalue weighted by Gasteiger charge is 2.01. The summed E-state index contributed by atoms with van der Waals surface area (Å²) in [5, 5.41) is 6.60. The molecule has 1 aromatic heterocycles. The predicted octanol–water partition coefficient (Wildman–Crippen LogP) is 4.27. The van der Waals surface area contributed by atoms with Crippen LogP contribution >= 0.6 is 34.5 Å². The van der Waals surface area contributed by atoms with Crippen molar-refractivity contribution in [3.63, 3.8) is 0 Å². The first-order valence-electron chi connectivity index (χ1n) is 6.06. The number of hydrogen-bond donors (Lipinski definition) is 1. The minimum Gasteiger partial charge on any atom is -0.491 e. The molecule has 0 aliphatic carbocycles. The highest BCUT2D eigenvalue weighted by atomic mass is 35.5. The van der Waals surface area contributed by atoms with Crippen LogP contribution in [0.4, 0.5) is 0 Å². The fourth-order valence-corrected chi connectivity index (χ4v) is 2.79. The van der Waals surface area contributed by atoms with Crippen LogP contribution < -0.4 is 10.1 Å². The third-order valence-corrected chi connectivity index (χ3v) is 4.03. The van der Waals surface area contributed by atoms with Crippen LogP contribution in [0.3, 0.4) is 0 Å². The number of halogens is 2. The van der Waals surface area contributed by atoms with Crippen molar-refractivity contribution in [2.75, 3.05) is 19.7 Å². The van der Waals surface area contributed by atoms with Gasteiger partial charge in [-0.05, 0) is 36.1 Å². The molecule has 0 fully saturated rings. The molecule has 0 amide bonds. The number of benzene rings is 1. The van der Waals surface area contributed by atoms with Crippen LogP contribution in [0.1, 0.15) is 4.88 Å². The Morgan fingerprint density at radius 2 is 2.05 bits per heavy atom. The summed E-state index contributed by atoms with van der Waals surface area (Å²) in [5.41, 5.74) is 0. The van der Waals surface area contributed by atoms with Crippen molar-refractivity contribution in [3.05, 3.63) is 50.6 Å². The van der Waals surface area contributed by atoms with Gasteiger partial charge in [-0.15, -0.1) is 11.3 Å². The van der Waals surface area contributed by atoms with Crippen molar-refractivity contribution in [2.45, 2.75) is 6.42 Å². The van der Waals surface area contributed by atoms with E-state index in [2.05, 4.69) is 22.8 Å². The van der Waals surface area contributed by atoms with Gasteiger partial charge in [0.05, 0.1) is 5.02 Å². The maximum Gasteiger partial charge on any atom is 0.138 e. The molecule has 2 nitrogen and oxygen atoms in total. The van der Waals surface area contributed by atoms with E-state index in [1.165, 1.54) is 4.88 Å². The number of hydrogen-bond acceptors (Lipinski definition) is 3. The van der Waals surface area contributed by atoms with E-state index in [1.54, 1.807) is 29.5 Å². The van der Waals surface area contributed by atoms with Crippen LogP contribution in [0, 0.1) is 0 Å². The Balaban J connectivity index is 1.61. The normalized spacial score (nSPS) is 10.6. The standard InChI is InChI=1S/C14H15Cl2NOS/c15-11-3-4-14(13(16)10-11)18-8-7-17-6-5-12-2-1-9-19-12/h1-4,9-10,17H,5-8H2. The molecule has 2 aromatic rings. The quantitative estimate of drug-likeness (QED) is 0.770. The lowest BCUT2D eigenvalue weighted by molar-refractivity contribution is 0.315. The fourth-order valence-electron chi connectivity index (χ4n) is 1.62.